The van der Waals surface area contributed by atoms with Gasteiger partial charge >= 0.3 is 0 Å². The highest BCUT2D eigenvalue weighted by Crippen LogP contribution is 2.27. The molecule has 1 rings (SSSR count). The Labute approximate surface area is 129 Å². The van der Waals surface area contributed by atoms with Gasteiger partial charge in [-0.2, -0.15) is 0 Å². The topological polar surface area (TPSA) is 58.6 Å². The summed E-state index contributed by atoms with van der Waals surface area (Å²) in [4.78, 5) is 11.9. The van der Waals surface area contributed by atoms with E-state index in [-0.39, 0.29) is 19.1 Å². The molecule has 0 saturated heterocycles. The third-order valence-corrected chi connectivity index (χ3v) is 3.68. The summed E-state index contributed by atoms with van der Waals surface area (Å²) >= 11 is 11.8. The summed E-state index contributed by atoms with van der Waals surface area (Å²) in [5.41, 5.74) is -0.437. The van der Waals surface area contributed by atoms with E-state index >= 15 is 0 Å². The molecule has 0 aromatic heterocycles. The highest BCUT2D eigenvalue weighted by atomic mass is 35.5. The number of aliphatic hydroxyl groups is 1. The summed E-state index contributed by atoms with van der Waals surface area (Å²) < 4.78 is 5.36. The fraction of sp³-hybridized carbons (Fsp3) is 0.500. The Bertz CT molecular complexity index is 468. The molecule has 0 heterocycles. The lowest BCUT2D eigenvalue weighted by Crippen LogP contribution is -2.47. The van der Waals surface area contributed by atoms with Crippen molar-refractivity contribution < 1.29 is 14.6 Å². The molecule has 1 aromatic rings. The van der Waals surface area contributed by atoms with Crippen molar-refractivity contribution in [3.8, 4) is 5.75 Å². The van der Waals surface area contributed by atoms with Gasteiger partial charge in [0, 0.05) is 23.2 Å². The zero-order valence-electron chi connectivity index (χ0n) is 11.6. The summed E-state index contributed by atoms with van der Waals surface area (Å²) in [6.45, 7) is 3.70. The number of hydrogen-bond acceptors (Lipinski definition) is 3. The van der Waals surface area contributed by atoms with Crippen LogP contribution in [0.4, 0.5) is 0 Å². The van der Waals surface area contributed by atoms with Crippen LogP contribution in [0.3, 0.4) is 0 Å². The van der Waals surface area contributed by atoms with Crippen molar-refractivity contribution in [3.05, 3.63) is 28.2 Å². The van der Waals surface area contributed by atoms with E-state index in [4.69, 9.17) is 33.0 Å². The molecule has 20 heavy (non-hydrogen) atoms. The molecule has 4 nitrogen and oxygen atoms in total. The second kappa shape index (κ2) is 7.72. The van der Waals surface area contributed by atoms with Gasteiger partial charge in [-0.25, -0.2) is 0 Å². The molecule has 0 radical (unpaired) electrons. The van der Waals surface area contributed by atoms with Crippen LogP contribution in [0.2, 0.25) is 10.0 Å². The number of carbonyl (C=O) groups excluding carboxylic acids is 1. The molecule has 112 valence electrons. The molecular formula is C14H19Cl2NO3. The molecule has 0 aliphatic carbocycles. The van der Waals surface area contributed by atoms with Crippen molar-refractivity contribution in [1.82, 2.24) is 5.32 Å². The van der Waals surface area contributed by atoms with Crippen molar-refractivity contribution in [3.63, 3.8) is 0 Å². The fourth-order valence-electron chi connectivity index (χ4n) is 1.68. The minimum Gasteiger partial charge on any atom is -0.482 e. The van der Waals surface area contributed by atoms with E-state index in [2.05, 4.69) is 5.32 Å². The van der Waals surface area contributed by atoms with Gasteiger partial charge in [-0.05, 0) is 31.9 Å². The molecule has 1 atom stereocenters. The summed E-state index contributed by atoms with van der Waals surface area (Å²) in [6.07, 6.45) is 1.21. The van der Waals surface area contributed by atoms with Crippen molar-refractivity contribution in [2.45, 2.75) is 32.2 Å². The maximum Gasteiger partial charge on any atom is 0.258 e. The lowest BCUT2D eigenvalue weighted by Gasteiger charge is -2.28. The fourth-order valence-corrected chi connectivity index (χ4v) is 2.01. The van der Waals surface area contributed by atoms with Crippen LogP contribution in [0, 0.1) is 0 Å². The molecule has 0 spiro atoms. The Hall–Kier alpha value is -0.970. The van der Waals surface area contributed by atoms with E-state index in [1.807, 2.05) is 13.8 Å². The SMILES string of the molecule is CCC(C)(CCO)NC(=O)COc1cc(Cl)ccc1Cl. The van der Waals surface area contributed by atoms with Crippen LogP contribution >= 0.6 is 23.2 Å². The predicted octanol–water partition coefficient (Wildman–Crippen LogP) is 3.04. The quantitative estimate of drug-likeness (QED) is 0.812. The second-order valence-electron chi connectivity index (χ2n) is 4.80. The van der Waals surface area contributed by atoms with Gasteiger partial charge in [0.05, 0.1) is 5.02 Å². The Morgan fingerprint density at radius 3 is 2.75 bits per heavy atom. The number of hydrogen-bond donors (Lipinski definition) is 2. The van der Waals surface area contributed by atoms with E-state index in [0.717, 1.165) is 6.42 Å². The first kappa shape index (κ1) is 17.1. The highest BCUT2D eigenvalue weighted by Gasteiger charge is 2.23. The first-order valence-corrected chi connectivity index (χ1v) is 7.15. The molecule has 1 amide bonds. The molecule has 0 aliphatic heterocycles. The Morgan fingerprint density at radius 2 is 2.15 bits per heavy atom. The number of benzene rings is 1. The zero-order chi connectivity index (χ0) is 15.2. The number of amides is 1. The zero-order valence-corrected chi connectivity index (χ0v) is 13.1. The van der Waals surface area contributed by atoms with E-state index in [1.54, 1.807) is 18.2 Å². The van der Waals surface area contributed by atoms with Crippen LogP contribution in [-0.2, 0) is 4.79 Å². The van der Waals surface area contributed by atoms with E-state index in [9.17, 15) is 4.79 Å². The molecule has 2 N–H and O–H groups in total. The average molecular weight is 320 g/mol. The number of ether oxygens (including phenoxy) is 1. The van der Waals surface area contributed by atoms with E-state index in [0.29, 0.717) is 22.2 Å². The lowest BCUT2D eigenvalue weighted by molar-refractivity contribution is -0.125. The van der Waals surface area contributed by atoms with Crippen LogP contribution in [0.1, 0.15) is 26.7 Å². The minimum absolute atomic E-state index is 0.0194. The Morgan fingerprint density at radius 1 is 1.45 bits per heavy atom. The summed E-state index contributed by atoms with van der Waals surface area (Å²) in [5, 5.41) is 12.7. The molecule has 0 fully saturated rings. The van der Waals surface area contributed by atoms with Crippen LogP contribution in [-0.4, -0.2) is 29.8 Å². The second-order valence-corrected chi connectivity index (χ2v) is 5.64. The van der Waals surface area contributed by atoms with Gasteiger partial charge in [-0.15, -0.1) is 0 Å². The monoisotopic (exact) mass is 319 g/mol. The largest absolute Gasteiger partial charge is 0.482 e. The number of rotatable bonds is 7. The van der Waals surface area contributed by atoms with E-state index in [1.165, 1.54) is 0 Å². The molecular weight excluding hydrogens is 301 g/mol. The number of halogens is 2. The summed E-state index contributed by atoms with van der Waals surface area (Å²) in [5.74, 6) is 0.105. The first-order valence-electron chi connectivity index (χ1n) is 6.40. The van der Waals surface area contributed by atoms with Gasteiger partial charge in [0.1, 0.15) is 5.75 Å². The minimum atomic E-state index is -0.437. The van der Waals surface area contributed by atoms with Gasteiger partial charge in [0.15, 0.2) is 6.61 Å². The highest BCUT2D eigenvalue weighted by molar-refractivity contribution is 6.34. The van der Waals surface area contributed by atoms with Crippen molar-refractivity contribution in [1.29, 1.82) is 0 Å². The predicted molar refractivity (Wildman–Crippen MR) is 80.5 cm³/mol. The summed E-state index contributed by atoms with van der Waals surface area (Å²) in [6, 6.07) is 4.81. The molecule has 1 unspecified atom stereocenters. The number of carbonyl (C=O) groups is 1. The van der Waals surface area contributed by atoms with Gasteiger partial charge in [0.2, 0.25) is 0 Å². The van der Waals surface area contributed by atoms with Crippen molar-refractivity contribution in [2.75, 3.05) is 13.2 Å². The standard InChI is InChI=1S/C14H19Cl2NO3/c1-3-14(2,6-7-18)17-13(19)9-20-12-8-10(15)4-5-11(12)16/h4-5,8,18H,3,6-7,9H2,1-2H3,(H,17,19). The van der Waals surface area contributed by atoms with Gasteiger partial charge < -0.3 is 15.2 Å². The average Bonchev–Trinajstić information content (AvgIpc) is 2.40. The maximum absolute atomic E-state index is 11.9. The van der Waals surface area contributed by atoms with Gasteiger partial charge in [0.25, 0.3) is 5.91 Å². The van der Waals surface area contributed by atoms with Crippen LogP contribution in [0.5, 0.6) is 5.75 Å². The van der Waals surface area contributed by atoms with Crippen LogP contribution < -0.4 is 10.1 Å². The van der Waals surface area contributed by atoms with Crippen LogP contribution in [0.15, 0.2) is 18.2 Å². The third kappa shape index (κ3) is 5.19. The smallest absolute Gasteiger partial charge is 0.258 e. The first-order chi connectivity index (χ1) is 9.40. The van der Waals surface area contributed by atoms with Crippen molar-refractivity contribution >= 4 is 29.1 Å². The molecule has 1 aromatic carbocycles. The number of nitrogens with one attached hydrogen (secondary N) is 1. The normalized spacial score (nSPS) is 13.7. The lowest BCUT2D eigenvalue weighted by atomic mass is 9.95. The molecule has 0 bridgehead atoms. The van der Waals surface area contributed by atoms with Crippen LogP contribution in [0.25, 0.3) is 0 Å². The molecule has 0 saturated carbocycles. The Balaban J connectivity index is 2.57. The van der Waals surface area contributed by atoms with Gasteiger partial charge in [-0.3, -0.25) is 4.79 Å². The van der Waals surface area contributed by atoms with E-state index < -0.39 is 5.54 Å². The summed E-state index contributed by atoms with van der Waals surface area (Å²) in [7, 11) is 0. The third-order valence-electron chi connectivity index (χ3n) is 3.14. The molecule has 0 aliphatic rings. The maximum atomic E-state index is 11.9. The number of aliphatic hydroxyl groups excluding tert-OH is 1. The molecule has 6 heteroatoms. The van der Waals surface area contributed by atoms with Crippen molar-refractivity contribution in [2.24, 2.45) is 0 Å². The van der Waals surface area contributed by atoms with Gasteiger partial charge in [-0.1, -0.05) is 30.1 Å². The Kier molecular flexibility index (Phi) is 6.59.